The van der Waals surface area contributed by atoms with Gasteiger partial charge >= 0.3 is 0 Å². The molecule has 1 aromatic carbocycles. The first-order chi connectivity index (χ1) is 7.57. The molecule has 1 aromatic rings. The van der Waals surface area contributed by atoms with Gasteiger partial charge in [0.2, 0.25) is 5.79 Å². The highest BCUT2D eigenvalue weighted by atomic mass is 79.9. The summed E-state index contributed by atoms with van der Waals surface area (Å²) in [7, 11) is 0. The second-order valence-electron chi connectivity index (χ2n) is 4.37. The van der Waals surface area contributed by atoms with E-state index in [9.17, 15) is 9.90 Å². The largest absolute Gasteiger partial charge is 0.460 e. The van der Waals surface area contributed by atoms with Gasteiger partial charge in [-0.2, -0.15) is 0 Å². The van der Waals surface area contributed by atoms with E-state index in [4.69, 9.17) is 4.74 Å². The number of ether oxygens (including phenoxy) is 1. The van der Waals surface area contributed by atoms with Gasteiger partial charge < -0.3 is 9.84 Å². The number of halogens is 1. The average Bonchev–Trinajstić information content (AvgIpc) is 2.56. The van der Waals surface area contributed by atoms with Crippen LogP contribution in [0.5, 0.6) is 5.75 Å². The standard InChI is InChI=1S/C12H11BrO3/c13-11-6-3-7-12(11,15)16-9-5-2-1-4-8(9)10(11)14/h1-2,4-5,15H,3,6-7H2. The van der Waals surface area contributed by atoms with Crippen LogP contribution >= 0.6 is 15.9 Å². The molecule has 2 aliphatic rings. The molecule has 1 saturated carbocycles. The van der Waals surface area contributed by atoms with Gasteiger partial charge in [-0.25, -0.2) is 0 Å². The van der Waals surface area contributed by atoms with Crippen LogP contribution in [0.3, 0.4) is 0 Å². The Kier molecular flexibility index (Phi) is 1.98. The molecule has 0 bridgehead atoms. The minimum absolute atomic E-state index is 0.0747. The van der Waals surface area contributed by atoms with E-state index >= 15 is 0 Å². The van der Waals surface area contributed by atoms with Gasteiger partial charge in [0, 0.05) is 6.42 Å². The molecule has 1 aliphatic heterocycles. The zero-order valence-corrected chi connectivity index (χ0v) is 10.2. The molecule has 2 atom stereocenters. The molecule has 84 valence electrons. The molecule has 0 saturated heterocycles. The second kappa shape index (κ2) is 3.08. The number of hydrogen-bond acceptors (Lipinski definition) is 3. The predicted molar refractivity (Wildman–Crippen MR) is 61.9 cm³/mol. The lowest BCUT2D eigenvalue weighted by Gasteiger charge is -2.40. The number of para-hydroxylation sites is 1. The van der Waals surface area contributed by atoms with E-state index in [1.54, 1.807) is 24.3 Å². The molecule has 0 aromatic heterocycles. The fraction of sp³-hybridized carbons (Fsp3) is 0.417. The van der Waals surface area contributed by atoms with Crippen molar-refractivity contribution in [2.75, 3.05) is 0 Å². The Hall–Kier alpha value is -0.870. The van der Waals surface area contributed by atoms with Gasteiger partial charge in [0.1, 0.15) is 5.75 Å². The van der Waals surface area contributed by atoms with Crippen molar-refractivity contribution in [1.82, 2.24) is 0 Å². The van der Waals surface area contributed by atoms with E-state index in [1.807, 2.05) is 0 Å². The predicted octanol–water partition coefficient (Wildman–Crippen LogP) is 2.27. The minimum Gasteiger partial charge on any atom is -0.460 e. The zero-order valence-electron chi connectivity index (χ0n) is 8.57. The highest BCUT2D eigenvalue weighted by Crippen LogP contribution is 2.52. The summed E-state index contributed by atoms with van der Waals surface area (Å²) in [5, 5.41) is 10.4. The summed E-state index contributed by atoms with van der Waals surface area (Å²) in [5.74, 6) is -0.986. The lowest BCUT2D eigenvalue weighted by Crippen LogP contribution is -2.57. The first-order valence-electron chi connectivity index (χ1n) is 5.31. The minimum atomic E-state index is -1.39. The van der Waals surface area contributed by atoms with Gasteiger partial charge in [0.05, 0.1) is 5.56 Å². The molecular formula is C12H11BrO3. The van der Waals surface area contributed by atoms with Crippen LogP contribution in [-0.2, 0) is 0 Å². The second-order valence-corrected chi connectivity index (χ2v) is 5.72. The van der Waals surface area contributed by atoms with Crippen LogP contribution in [0, 0.1) is 0 Å². The molecule has 2 unspecified atom stereocenters. The summed E-state index contributed by atoms with van der Waals surface area (Å²) in [6.45, 7) is 0. The number of carbonyl (C=O) groups excluding carboxylic acids is 1. The fourth-order valence-electron chi connectivity index (χ4n) is 2.53. The molecule has 4 heteroatoms. The smallest absolute Gasteiger partial charge is 0.231 e. The van der Waals surface area contributed by atoms with Crippen LogP contribution < -0.4 is 4.74 Å². The number of carbonyl (C=O) groups is 1. The summed E-state index contributed by atoms with van der Waals surface area (Å²) < 4.78 is 4.64. The van der Waals surface area contributed by atoms with Gasteiger partial charge in [0.15, 0.2) is 10.1 Å². The van der Waals surface area contributed by atoms with Crippen molar-refractivity contribution in [3.63, 3.8) is 0 Å². The molecule has 1 aliphatic carbocycles. The van der Waals surface area contributed by atoms with Crippen molar-refractivity contribution in [3.8, 4) is 5.75 Å². The fourth-order valence-corrected chi connectivity index (χ4v) is 3.30. The maximum Gasteiger partial charge on any atom is 0.231 e. The maximum atomic E-state index is 12.3. The number of ketones is 1. The Morgan fingerprint density at radius 2 is 2.06 bits per heavy atom. The van der Waals surface area contributed by atoms with Crippen LogP contribution in [0.15, 0.2) is 24.3 Å². The molecule has 1 fully saturated rings. The summed E-state index contributed by atoms with van der Waals surface area (Å²) >= 11 is 3.39. The Morgan fingerprint density at radius 1 is 1.31 bits per heavy atom. The van der Waals surface area contributed by atoms with E-state index in [0.29, 0.717) is 24.2 Å². The van der Waals surface area contributed by atoms with Crippen molar-refractivity contribution in [2.24, 2.45) is 0 Å². The van der Waals surface area contributed by atoms with Gasteiger partial charge in [0.25, 0.3) is 0 Å². The number of hydrogen-bond donors (Lipinski definition) is 1. The SMILES string of the molecule is O=C1c2ccccc2OC2(O)CCCC12Br. The lowest BCUT2D eigenvalue weighted by molar-refractivity contribution is -0.144. The normalized spacial score (nSPS) is 36.5. The molecule has 0 radical (unpaired) electrons. The van der Waals surface area contributed by atoms with Crippen LogP contribution in [0.2, 0.25) is 0 Å². The topological polar surface area (TPSA) is 46.5 Å². The number of alkyl halides is 1. The van der Waals surface area contributed by atoms with Crippen molar-refractivity contribution in [3.05, 3.63) is 29.8 Å². The molecule has 1 N–H and O–H groups in total. The average molecular weight is 283 g/mol. The van der Waals surface area contributed by atoms with E-state index in [0.717, 1.165) is 6.42 Å². The monoisotopic (exact) mass is 282 g/mol. The number of aliphatic hydroxyl groups is 1. The van der Waals surface area contributed by atoms with Crippen molar-refractivity contribution >= 4 is 21.7 Å². The van der Waals surface area contributed by atoms with E-state index in [-0.39, 0.29) is 5.78 Å². The van der Waals surface area contributed by atoms with Crippen molar-refractivity contribution < 1.29 is 14.6 Å². The first-order valence-corrected chi connectivity index (χ1v) is 6.10. The van der Waals surface area contributed by atoms with Gasteiger partial charge in [-0.05, 0) is 25.0 Å². The third-order valence-corrected chi connectivity index (χ3v) is 4.80. The molecule has 0 amide bonds. The zero-order chi connectivity index (χ0) is 11.4. The maximum absolute atomic E-state index is 12.3. The van der Waals surface area contributed by atoms with Gasteiger partial charge in [-0.15, -0.1) is 0 Å². The van der Waals surface area contributed by atoms with Crippen molar-refractivity contribution in [2.45, 2.75) is 29.4 Å². The summed E-state index contributed by atoms with van der Waals surface area (Å²) in [5.41, 5.74) is 0.547. The number of benzene rings is 1. The molecule has 3 rings (SSSR count). The highest BCUT2D eigenvalue weighted by molar-refractivity contribution is 9.10. The Labute approximate surface area is 102 Å². The van der Waals surface area contributed by atoms with E-state index in [2.05, 4.69) is 15.9 Å². The van der Waals surface area contributed by atoms with E-state index < -0.39 is 10.1 Å². The highest BCUT2D eigenvalue weighted by Gasteiger charge is 2.62. The molecular weight excluding hydrogens is 272 g/mol. The van der Waals surface area contributed by atoms with E-state index in [1.165, 1.54) is 0 Å². The van der Waals surface area contributed by atoms with Crippen LogP contribution in [-0.4, -0.2) is 21.0 Å². The molecule has 3 nitrogen and oxygen atoms in total. The summed E-state index contributed by atoms with van der Waals surface area (Å²) in [6.07, 6.45) is 1.87. The summed E-state index contributed by atoms with van der Waals surface area (Å²) in [6, 6.07) is 7.05. The van der Waals surface area contributed by atoms with Crippen molar-refractivity contribution in [1.29, 1.82) is 0 Å². The number of fused-ring (bicyclic) bond motifs is 2. The Morgan fingerprint density at radius 3 is 2.88 bits per heavy atom. The number of rotatable bonds is 0. The quantitative estimate of drug-likeness (QED) is 0.743. The Balaban J connectivity index is 2.20. The van der Waals surface area contributed by atoms with Gasteiger partial charge in [-0.3, -0.25) is 4.79 Å². The third kappa shape index (κ3) is 1.09. The van der Waals surface area contributed by atoms with Gasteiger partial charge in [-0.1, -0.05) is 28.1 Å². The summed E-state index contributed by atoms with van der Waals surface area (Å²) in [4.78, 5) is 12.3. The van der Waals surface area contributed by atoms with Crippen LogP contribution in [0.1, 0.15) is 29.6 Å². The van der Waals surface area contributed by atoms with Crippen LogP contribution in [0.4, 0.5) is 0 Å². The first kappa shape index (κ1) is 10.3. The molecule has 1 heterocycles. The lowest BCUT2D eigenvalue weighted by atomic mass is 9.88. The molecule has 0 spiro atoms. The Bertz CT molecular complexity index is 473. The number of Topliss-reactive ketones (excluding diaryl/α,β-unsaturated/α-hetero) is 1. The third-order valence-electron chi connectivity index (χ3n) is 3.43. The molecule has 16 heavy (non-hydrogen) atoms. The van der Waals surface area contributed by atoms with Crippen LogP contribution in [0.25, 0.3) is 0 Å².